The molecular formula is C12H21N3O. The van der Waals surface area contributed by atoms with E-state index in [1.807, 2.05) is 19.9 Å². The Morgan fingerprint density at radius 2 is 2.00 bits per heavy atom. The zero-order valence-corrected chi connectivity index (χ0v) is 10.1. The van der Waals surface area contributed by atoms with E-state index in [1.54, 1.807) is 12.4 Å². The third-order valence-electron chi connectivity index (χ3n) is 2.63. The molecule has 1 aromatic rings. The second-order valence-corrected chi connectivity index (χ2v) is 3.65. The van der Waals surface area contributed by atoms with E-state index in [9.17, 15) is 5.11 Å². The average molecular weight is 223 g/mol. The van der Waals surface area contributed by atoms with Crippen LogP contribution in [0.4, 0.5) is 11.4 Å². The normalized spacial score (nSPS) is 16.6. The lowest BCUT2D eigenvalue weighted by Gasteiger charge is -2.31. The van der Waals surface area contributed by atoms with E-state index < -0.39 is 0 Å². The van der Waals surface area contributed by atoms with Crippen LogP contribution in [0.15, 0.2) is 18.5 Å². The molecule has 1 saturated heterocycles. The van der Waals surface area contributed by atoms with E-state index in [4.69, 9.17) is 5.73 Å². The summed E-state index contributed by atoms with van der Waals surface area (Å²) in [5, 5.41) is 9.37. The largest absolute Gasteiger partial charge is 0.396 e. The van der Waals surface area contributed by atoms with Gasteiger partial charge in [0, 0.05) is 19.3 Å². The predicted octanol–water partition coefficient (Wildman–Crippen LogP) is 1.65. The molecule has 16 heavy (non-hydrogen) atoms. The fraction of sp³-hybridized carbons (Fsp3) is 0.583. The number of aliphatic hydroxyl groups is 1. The minimum atomic E-state index is -0.144. The minimum absolute atomic E-state index is 0.144. The first-order chi connectivity index (χ1) is 7.77. The van der Waals surface area contributed by atoms with E-state index in [2.05, 4.69) is 9.88 Å². The van der Waals surface area contributed by atoms with Crippen LogP contribution >= 0.6 is 0 Å². The van der Waals surface area contributed by atoms with E-state index in [0.29, 0.717) is 5.69 Å². The molecule has 0 atom stereocenters. The zero-order valence-electron chi connectivity index (χ0n) is 10.1. The summed E-state index contributed by atoms with van der Waals surface area (Å²) in [5.41, 5.74) is 7.57. The number of nitrogens with two attached hydrogens (primary N) is 1. The summed E-state index contributed by atoms with van der Waals surface area (Å²) < 4.78 is 0. The number of pyridine rings is 1. The van der Waals surface area contributed by atoms with Gasteiger partial charge in [-0.05, 0) is 18.9 Å². The van der Waals surface area contributed by atoms with Crippen LogP contribution in [0.3, 0.4) is 0 Å². The molecule has 0 spiro atoms. The maximum Gasteiger partial charge on any atom is 0.0738 e. The number of anilines is 2. The number of nitrogens with zero attached hydrogens (tertiary/aromatic N) is 2. The number of hydrogen-bond donors (Lipinski definition) is 2. The Morgan fingerprint density at radius 3 is 2.56 bits per heavy atom. The lowest BCUT2D eigenvalue weighted by atomic mass is 10.1. The summed E-state index contributed by atoms with van der Waals surface area (Å²) in [6, 6.07) is 1.92. The van der Waals surface area contributed by atoms with Gasteiger partial charge in [-0.15, -0.1) is 0 Å². The molecule has 2 rings (SSSR count). The monoisotopic (exact) mass is 223 g/mol. The number of piperidine rings is 1. The van der Waals surface area contributed by atoms with Crippen molar-refractivity contribution in [3.8, 4) is 0 Å². The summed E-state index contributed by atoms with van der Waals surface area (Å²) in [5.74, 6) is 0. The molecule has 1 aliphatic heterocycles. The second-order valence-electron chi connectivity index (χ2n) is 3.65. The molecule has 0 unspecified atom stereocenters. The smallest absolute Gasteiger partial charge is 0.0738 e. The molecule has 0 amide bonds. The van der Waals surface area contributed by atoms with Gasteiger partial charge in [0.1, 0.15) is 0 Å². The van der Waals surface area contributed by atoms with Crippen molar-refractivity contribution in [2.45, 2.75) is 32.8 Å². The van der Waals surface area contributed by atoms with Gasteiger partial charge >= 0.3 is 0 Å². The third-order valence-corrected chi connectivity index (χ3v) is 2.63. The highest BCUT2D eigenvalue weighted by molar-refractivity contribution is 5.66. The molecule has 0 aliphatic carbocycles. The molecule has 1 fully saturated rings. The molecule has 3 N–H and O–H groups in total. The number of aromatic nitrogens is 1. The Balaban J connectivity index is 0.000000606. The van der Waals surface area contributed by atoms with Crippen molar-refractivity contribution in [2.75, 3.05) is 23.7 Å². The van der Waals surface area contributed by atoms with Crippen LogP contribution in [-0.4, -0.2) is 29.3 Å². The molecule has 2 heterocycles. The van der Waals surface area contributed by atoms with Crippen molar-refractivity contribution >= 4 is 11.4 Å². The summed E-state index contributed by atoms with van der Waals surface area (Å²) >= 11 is 0. The van der Waals surface area contributed by atoms with E-state index in [0.717, 1.165) is 31.6 Å². The molecule has 0 saturated carbocycles. The summed E-state index contributed by atoms with van der Waals surface area (Å²) in [6.45, 7) is 5.74. The maximum atomic E-state index is 9.37. The third kappa shape index (κ3) is 3.10. The standard InChI is InChI=1S/C10H15N3O.C2H6/c11-9-7-12-4-1-10(9)13-5-2-8(14)3-6-13;1-2/h1,4,7-8,14H,2-3,5-6,11H2;1-2H3. The molecule has 1 aliphatic rings. The fourth-order valence-electron chi connectivity index (χ4n) is 1.79. The zero-order chi connectivity index (χ0) is 12.0. The molecule has 0 bridgehead atoms. The van der Waals surface area contributed by atoms with E-state index in [1.165, 1.54) is 0 Å². The van der Waals surface area contributed by atoms with Crippen LogP contribution in [-0.2, 0) is 0 Å². The highest BCUT2D eigenvalue weighted by Crippen LogP contribution is 2.24. The Bertz CT molecular complexity index is 309. The van der Waals surface area contributed by atoms with Gasteiger partial charge in [-0.3, -0.25) is 4.98 Å². The minimum Gasteiger partial charge on any atom is -0.396 e. The number of hydrogen-bond acceptors (Lipinski definition) is 4. The van der Waals surface area contributed by atoms with Gasteiger partial charge in [-0.2, -0.15) is 0 Å². The van der Waals surface area contributed by atoms with Gasteiger partial charge < -0.3 is 15.7 Å². The van der Waals surface area contributed by atoms with Crippen LogP contribution in [0.1, 0.15) is 26.7 Å². The van der Waals surface area contributed by atoms with Crippen molar-refractivity contribution in [3.05, 3.63) is 18.5 Å². The summed E-state index contributed by atoms with van der Waals surface area (Å²) in [6.07, 6.45) is 4.91. The first kappa shape index (κ1) is 12.8. The lowest BCUT2D eigenvalue weighted by molar-refractivity contribution is 0.145. The Labute approximate surface area is 97.1 Å². The quantitative estimate of drug-likeness (QED) is 0.760. The Hall–Kier alpha value is -1.29. The fourth-order valence-corrected chi connectivity index (χ4v) is 1.79. The molecule has 0 aromatic carbocycles. The number of rotatable bonds is 1. The van der Waals surface area contributed by atoms with Gasteiger partial charge in [0.15, 0.2) is 0 Å². The van der Waals surface area contributed by atoms with Crippen LogP contribution in [0, 0.1) is 0 Å². The van der Waals surface area contributed by atoms with Crippen molar-refractivity contribution < 1.29 is 5.11 Å². The van der Waals surface area contributed by atoms with Gasteiger partial charge in [0.2, 0.25) is 0 Å². The van der Waals surface area contributed by atoms with Gasteiger partial charge in [0.25, 0.3) is 0 Å². The summed E-state index contributed by atoms with van der Waals surface area (Å²) in [4.78, 5) is 6.15. The van der Waals surface area contributed by atoms with Crippen LogP contribution in [0.25, 0.3) is 0 Å². The molecule has 90 valence electrons. The number of aliphatic hydroxyl groups excluding tert-OH is 1. The van der Waals surface area contributed by atoms with Gasteiger partial charge in [0.05, 0.1) is 23.7 Å². The first-order valence-corrected chi connectivity index (χ1v) is 5.90. The van der Waals surface area contributed by atoms with Gasteiger partial charge in [-0.25, -0.2) is 0 Å². The number of nitrogen functional groups attached to an aromatic ring is 1. The SMILES string of the molecule is CC.Nc1cnccc1N1CCC(O)CC1. The molecule has 1 aromatic heterocycles. The predicted molar refractivity (Wildman–Crippen MR) is 67.5 cm³/mol. The molecule has 0 radical (unpaired) electrons. The van der Waals surface area contributed by atoms with Crippen LogP contribution in [0.5, 0.6) is 0 Å². The topological polar surface area (TPSA) is 62.4 Å². The van der Waals surface area contributed by atoms with Crippen molar-refractivity contribution in [1.29, 1.82) is 0 Å². The van der Waals surface area contributed by atoms with Crippen molar-refractivity contribution in [3.63, 3.8) is 0 Å². The Kier molecular flexibility index (Phi) is 5.05. The van der Waals surface area contributed by atoms with E-state index >= 15 is 0 Å². The highest BCUT2D eigenvalue weighted by Gasteiger charge is 2.18. The average Bonchev–Trinajstić information content (AvgIpc) is 2.34. The van der Waals surface area contributed by atoms with Gasteiger partial charge in [-0.1, -0.05) is 13.8 Å². The Morgan fingerprint density at radius 1 is 1.38 bits per heavy atom. The van der Waals surface area contributed by atoms with Crippen molar-refractivity contribution in [2.24, 2.45) is 0 Å². The molecule has 4 nitrogen and oxygen atoms in total. The first-order valence-electron chi connectivity index (χ1n) is 5.90. The lowest BCUT2D eigenvalue weighted by Crippen LogP contribution is -2.36. The van der Waals surface area contributed by atoms with Crippen LogP contribution in [0.2, 0.25) is 0 Å². The second kappa shape index (κ2) is 6.33. The van der Waals surface area contributed by atoms with E-state index in [-0.39, 0.29) is 6.10 Å². The molecule has 4 heteroatoms. The van der Waals surface area contributed by atoms with Crippen molar-refractivity contribution in [1.82, 2.24) is 4.98 Å². The maximum absolute atomic E-state index is 9.37. The summed E-state index contributed by atoms with van der Waals surface area (Å²) in [7, 11) is 0. The molecular weight excluding hydrogens is 202 g/mol. The van der Waals surface area contributed by atoms with Crippen LogP contribution < -0.4 is 10.6 Å². The highest BCUT2D eigenvalue weighted by atomic mass is 16.3.